The molecule has 0 unspecified atom stereocenters. The van der Waals surface area contributed by atoms with Gasteiger partial charge >= 0.3 is 0 Å². The van der Waals surface area contributed by atoms with Gasteiger partial charge in [0, 0.05) is 17.7 Å². The summed E-state index contributed by atoms with van der Waals surface area (Å²) in [5.41, 5.74) is 2.73. The Kier molecular flexibility index (Phi) is 5.43. The molecule has 1 amide bonds. The zero-order valence-corrected chi connectivity index (χ0v) is 14.8. The first kappa shape index (κ1) is 17.8. The molecule has 7 nitrogen and oxygen atoms in total. The number of rotatable bonds is 5. The van der Waals surface area contributed by atoms with Crippen molar-refractivity contribution in [3.63, 3.8) is 0 Å². The number of carbonyl (C=O) groups is 1. The highest BCUT2D eigenvalue weighted by molar-refractivity contribution is 8.15. The smallest absolute Gasteiger partial charge is 0.270 e. The maximum absolute atomic E-state index is 12.2. The van der Waals surface area contributed by atoms with Crippen molar-refractivity contribution in [2.45, 2.75) is 13.5 Å². The molecule has 132 valence electrons. The second-order valence-electron chi connectivity index (χ2n) is 5.67. The van der Waals surface area contributed by atoms with E-state index in [9.17, 15) is 14.9 Å². The van der Waals surface area contributed by atoms with E-state index in [2.05, 4.69) is 10.2 Å². The summed E-state index contributed by atoms with van der Waals surface area (Å²) in [6.45, 7) is 2.45. The minimum Gasteiger partial charge on any atom is -0.285 e. The van der Waals surface area contributed by atoms with E-state index in [1.807, 2.05) is 31.2 Å². The van der Waals surface area contributed by atoms with Crippen molar-refractivity contribution in [1.29, 1.82) is 0 Å². The minimum absolute atomic E-state index is 0.00629. The van der Waals surface area contributed by atoms with Gasteiger partial charge in [0.25, 0.3) is 5.69 Å². The first-order valence-electron chi connectivity index (χ1n) is 7.88. The maximum Gasteiger partial charge on any atom is 0.270 e. The molecule has 0 radical (unpaired) electrons. The number of benzene rings is 2. The second kappa shape index (κ2) is 7.92. The lowest BCUT2D eigenvalue weighted by Crippen LogP contribution is -2.29. The number of hydrogen-bond acceptors (Lipinski definition) is 6. The quantitative estimate of drug-likeness (QED) is 0.460. The first-order valence-corrected chi connectivity index (χ1v) is 8.86. The van der Waals surface area contributed by atoms with E-state index in [-0.39, 0.29) is 11.6 Å². The molecular formula is C18H16N4O3S. The Bertz CT molecular complexity index is 911. The molecule has 0 aromatic heterocycles. The molecule has 1 heterocycles. The summed E-state index contributed by atoms with van der Waals surface area (Å²) in [4.78, 5) is 24.1. The molecular weight excluding hydrogens is 352 g/mol. The number of aryl methyl sites for hydroxylation is 1. The third kappa shape index (κ3) is 4.15. The molecule has 0 aliphatic carbocycles. The van der Waals surface area contributed by atoms with E-state index in [0.717, 1.165) is 11.1 Å². The third-order valence-electron chi connectivity index (χ3n) is 3.88. The molecule has 0 saturated carbocycles. The molecule has 1 fully saturated rings. The normalized spacial score (nSPS) is 16.0. The van der Waals surface area contributed by atoms with Crippen LogP contribution in [0.3, 0.4) is 0 Å². The van der Waals surface area contributed by atoms with Crippen LogP contribution in [0.5, 0.6) is 0 Å². The fraction of sp³-hybridized carbons (Fsp3) is 0.167. The molecule has 1 aliphatic rings. The maximum atomic E-state index is 12.2. The van der Waals surface area contributed by atoms with Gasteiger partial charge in [-0.1, -0.05) is 48.2 Å². The second-order valence-corrected chi connectivity index (χ2v) is 6.62. The molecule has 1 saturated heterocycles. The van der Waals surface area contributed by atoms with Gasteiger partial charge in [-0.3, -0.25) is 19.8 Å². The minimum atomic E-state index is -0.460. The van der Waals surface area contributed by atoms with Gasteiger partial charge in [-0.05, 0) is 18.1 Å². The number of amides is 1. The van der Waals surface area contributed by atoms with Crippen molar-refractivity contribution >= 4 is 34.7 Å². The Hall–Kier alpha value is -3.00. The van der Waals surface area contributed by atoms with Crippen LogP contribution in [0.15, 0.2) is 58.7 Å². The highest BCUT2D eigenvalue weighted by Gasteiger charge is 2.28. The van der Waals surface area contributed by atoms with Crippen LogP contribution in [-0.4, -0.2) is 32.9 Å². The molecule has 0 bridgehead atoms. The van der Waals surface area contributed by atoms with E-state index >= 15 is 0 Å². The summed E-state index contributed by atoms with van der Waals surface area (Å²) in [7, 11) is 0. The third-order valence-corrected chi connectivity index (χ3v) is 4.83. The average Bonchev–Trinajstić information content (AvgIpc) is 2.97. The Labute approximate surface area is 154 Å². The van der Waals surface area contributed by atoms with Crippen molar-refractivity contribution in [1.82, 2.24) is 4.90 Å². The topological polar surface area (TPSA) is 88.2 Å². The van der Waals surface area contributed by atoms with Crippen molar-refractivity contribution in [3.8, 4) is 0 Å². The number of non-ortho nitro benzene ring substituents is 1. The van der Waals surface area contributed by atoms with Crippen LogP contribution in [-0.2, 0) is 11.3 Å². The van der Waals surface area contributed by atoms with Gasteiger partial charge in [-0.15, -0.1) is 5.10 Å². The van der Waals surface area contributed by atoms with E-state index in [1.165, 1.54) is 30.1 Å². The fourth-order valence-electron chi connectivity index (χ4n) is 2.45. The van der Waals surface area contributed by atoms with Gasteiger partial charge in [0.2, 0.25) is 5.91 Å². The molecule has 26 heavy (non-hydrogen) atoms. The highest BCUT2D eigenvalue weighted by Crippen LogP contribution is 2.23. The summed E-state index contributed by atoms with van der Waals surface area (Å²) in [6, 6.07) is 14.0. The Morgan fingerprint density at radius 1 is 1.27 bits per heavy atom. The van der Waals surface area contributed by atoms with Crippen LogP contribution in [0.4, 0.5) is 5.69 Å². The summed E-state index contributed by atoms with van der Waals surface area (Å²) < 4.78 is 0. The number of nitro benzene ring substituents is 1. The van der Waals surface area contributed by atoms with Crippen LogP contribution in [0.2, 0.25) is 0 Å². The average molecular weight is 368 g/mol. The molecule has 1 aliphatic heterocycles. The van der Waals surface area contributed by atoms with Gasteiger partial charge in [0.05, 0.1) is 23.4 Å². The van der Waals surface area contributed by atoms with E-state index in [1.54, 1.807) is 17.0 Å². The predicted molar refractivity (Wildman–Crippen MR) is 102 cm³/mol. The van der Waals surface area contributed by atoms with Crippen LogP contribution >= 0.6 is 11.8 Å². The number of nitro groups is 1. The largest absolute Gasteiger partial charge is 0.285 e. The van der Waals surface area contributed by atoms with Crippen molar-refractivity contribution in [2.75, 3.05) is 5.75 Å². The lowest BCUT2D eigenvalue weighted by molar-refractivity contribution is -0.384. The van der Waals surface area contributed by atoms with Crippen LogP contribution in [0.25, 0.3) is 0 Å². The lowest BCUT2D eigenvalue weighted by atomic mass is 10.1. The standard InChI is InChI=1S/C18H16N4O3S/c1-13-5-2-3-7-15(13)11-21-17(23)12-26-18(21)20-19-10-14-6-4-8-16(9-14)22(24)25/h2-10H,11-12H2,1H3/b19-10-,20-18-. The van der Waals surface area contributed by atoms with Crippen molar-refractivity contribution < 1.29 is 9.72 Å². The molecule has 0 N–H and O–H groups in total. The van der Waals surface area contributed by atoms with Gasteiger partial charge in [0.1, 0.15) is 0 Å². The Morgan fingerprint density at radius 2 is 2.08 bits per heavy atom. The van der Waals surface area contributed by atoms with Crippen LogP contribution in [0, 0.1) is 17.0 Å². The predicted octanol–water partition coefficient (Wildman–Crippen LogP) is 3.37. The molecule has 3 rings (SSSR count). The summed E-state index contributed by atoms with van der Waals surface area (Å²) in [5.74, 6) is 0.319. The van der Waals surface area contributed by atoms with Gasteiger partial charge in [0.15, 0.2) is 5.17 Å². The van der Waals surface area contributed by atoms with Gasteiger partial charge in [-0.25, -0.2) is 0 Å². The number of thioether (sulfide) groups is 1. The Morgan fingerprint density at radius 3 is 2.85 bits per heavy atom. The first-order chi connectivity index (χ1) is 12.5. The number of carbonyl (C=O) groups excluding carboxylic acids is 1. The summed E-state index contributed by atoms with van der Waals surface area (Å²) in [5, 5.41) is 19.5. The Balaban J connectivity index is 1.76. The molecule has 8 heteroatoms. The van der Waals surface area contributed by atoms with Crippen LogP contribution in [0.1, 0.15) is 16.7 Å². The van der Waals surface area contributed by atoms with Gasteiger partial charge in [-0.2, -0.15) is 5.10 Å². The highest BCUT2D eigenvalue weighted by atomic mass is 32.2. The zero-order chi connectivity index (χ0) is 18.5. The van der Waals surface area contributed by atoms with Crippen molar-refractivity contribution in [3.05, 3.63) is 75.3 Å². The monoisotopic (exact) mass is 368 g/mol. The number of hydrogen-bond donors (Lipinski definition) is 0. The molecule has 0 spiro atoms. The molecule has 2 aromatic carbocycles. The van der Waals surface area contributed by atoms with Gasteiger partial charge < -0.3 is 0 Å². The van der Waals surface area contributed by atoms with E-state index in [4.69, 9.17) is 0 Å². The van der Waals surface area contributed by atoms with E-state index in [0.29, 0.717) is 23.0 Å². The SMILES string of the molecule is Cc1ccccc1CN1C(=O)CS/C1=N\N=C/c1cccc([N+](=O)[O-])c1. The number of amidine groups is 1. The van der Waals surface area contributed by atoms with Crippen LogP contribution < -0.4 is 0 Å². The number of nitrogens with zero attached hydrogens (tertiary/aromatic N) is 4. The lowest BCUT2D eigenvalue weighted by Gasteiger charge is -2.16. The fourth-order valence-corrected chi connectivity index (χ4v) is 3.28. The molecule has 2 aromatic rings. The van der Waals surface area contributed by atoms with Crippen molar-refractivity contribution in [2.24, 2.45) is 10.2 Å². The summed E-state index contributed by atoms with van der Waals surface area (Å²) >= 11 is 1.33. The zero-order valence-electron chi connectivity index (χ0n) is 14.0. The van der Waals surface area contributed by atoms with E-state index < -0.39 is 4.92 Å². The molecule has 0 atom stereocenters. The summed E-state index contributed by atoms with van der Waals surface area (Å²) in [6.07, 6.45) is 1.44.